The van der Waals surface area contributed by atoms with Gasteiger partial charge in [-0.3, -0.25) is 9.48 Å². The van der Waals surface area contributed by atoms with Gasteiger partial charge in [0, 0.05) is 38.3 Å². The SMILES string of the molecule is CCCOc1ccc(S(=O)(=O)N2CCN(C)CC2)cc1-c1nc2c(CCC)n(Cc3cccc[n+]3[O-])nc2c(=O)[nH]1. The first-order valence-electron chi connectivity index (χ1n) is 13.9. The average Bonchev–Trinajstić information content (AvgIpc) is 3.30. The van der Waals surface area contributed by atoms with Gasteiger partial charge in [0.25, 0.3) is 5.56 Å². The molecule has 13 heteroatoms. The Morgan fingerprint density at radius 3 is 2.56 bits per heavy atom. The molecule has 0 unspecified atom stereocenters. The van der Waals surface area contributed by atoms with Gasteiger partial charge in [-0.05, 0) is 44.2 Å². The van der Waals surface area contributed by atoms with E-state index in [2.05, 4.69) is 15.0 Å². The molecule has 1 fully saturated rings. The quantitative estimate of drug-likeness (QED) is 0.222. The van der Waals surface area contributed by atoms with Crippen molar-refractivity contribution in [2.75, 3.05) is 39.8 Å². The van der Waals surface area contributed by atoms with Crippen molar-refractivity contribution < 1.29 is 17.9 Å². The van der Waals surface area contributed by atoms with Crippen LogP contribution >= 0.6 is 0 Å². The number of pyridine rings is 1. The van der Waals surface area contributed by atoms with E-state index in [-0.39, 0.29) is 22.8 Å². The number of ether oxygens (including phenoxy) is 1. The lowest BCUT2D eigenvalue weighted by atomic mass is 10.1. The highest BCUT2D eigenvalue weighted by molar-refractivity contribution is 7.89. The molecule has 1 N–H and O–H groups in total. The van der Waals surface area contributed by atoms with Crippen molar-refractivity contribution in [2.45, 2.75) is 44.6 Å². The zero-order valence-corrected chi connectivity index (χ0v) is 24.4. The number of likely N-dealkylation sites (N-methyl/N-ethyl adjacent to an activating group) is 1. The van der Waals surface area contributed by atoms with E-state index in [9.17, 15) is 18.4 Å². The number of aromatic amines is 1. The van der Waals surface area contributed by atoms with Crippen LogP contribution in [-0.4, -0.2) is 77.2 Å². The number of fused-ring (bicyclic) bond motifs is 1. The van der Waals surface area contributed by atoms with Crippen LogP contribution in [0.4, 0.5) is 0 Å². The molecular formula is C28H35N7O5S. The summed E-state index contributed by atoms with van der Waals surface area (Å²) in [5.74, 6) is 0.618. The van der Waals surface area contributed by atoms with Crippen molar-refractivity contribution >= 4 is 21.1 Å². The lowest BCUT2D eigenvalue weighted by Gasteiger charge is -2.31. The Labute approximate surface area is 238 Å². The number of sulfonamides is 1. The van der Waals surface area contributed by atoms with E-state index in [1.54, 1.807) is 28.9 Å². The maximum atomic E-state index is 13.6. The number of aryl methyl sites for hydroxylation is 1. The molecule has 0 bridgehead atoms. The molecule has 0 spiro atoms. The van der Waals surface area contributed by atoms with Gasteiger partial charge in [0.15, 0.2) is 11.7 Å². The third-order valence-corrected chi connectivity index (χ3v) is 9.07. The van der Waals surface area contributed by atoms with Crippen LogP contribution < -0.4 is 15.0 Å². The fourth-order valence-electron chi connectivity index (χ4n) is 4.92. The van der Waals surface area contributed by atoms with Crippen molar-refractivity contribution in [1.29, 1.82) is 0 Å². The van der Waals surface area contributed by atoms with Crippen molar-refractivity contribution in [3.05, 3.63) is 69.5 Å². The second kappa shape index (κ2) is 12.0. The number of benzene rings is 1. The van der Waals surface area contributed by atoms with Crippen molar-refractivity contribution in [3.63, 3.8) is 0 Å². The Bertz CT molecular complexity index is 1710. The molecule has 0 saturated carbocycles. The molecule has 3 aromatic heterocycles. The average molecular weight is 582 g/mol. The molecule has 1 saturated heterocycles. The van der Waals surface area contributed by atoms with Gasteiger partial charge in [0.1, 0.15) is 23.6 Å². The molecule has 4 aromatic rings. The monoisotopic (exact) mass is 581 g/mol. The van der Waals surface area contributed by atoms with Gasteiger partial charge in [-0.15, -0.1) is 0 Å². The van der Waals surface area contributed by atoms with Crippen LogP contribution in [-0.2, 0) is 23.0 Å². The third kappa shape index (κ3) is 5.83. The van der Waals surface area contributed by atoms with E-state index in [1.807, 2.05) is 20.9 Å². The minimum absolute atomic E-state index is 0.109. The molecule has 0 radical (unpaired) electrons. The summed E-state index contributed by atoms with van der Waals surface area (Å²) in [5.41, 5.74) is 1.68. The summed E-state index contributed by atoms with van der Waals surface area (Å²) >= 11 is 0. The topological polar surface area (TPSA) is 140 Å². The van der Waals surface area contributed by atoms with Gasteiger partial charge in [-0.1, -0.05) is 20.3 Å². The molecule has 0 amide bonds. The van der Waals surface area contributed by atoms with Crippen LogP contribution in [0.5, 0.6) is 5.75 Å². The fourth-order valence-corrected chi connectivity index (χ4v) is 6.37. The molecule has 0 atom stereocenters. The number of hydrogen-bond acceptors (Lipinski definition) is 8. The Morgan fingerprint density at radius 1 is 1.07 bits per heavy atom. The highest BCUT2D eigenvalue weighted by atomic mass is 32.2. The first kappa shape index (κ1) is 28.7. The number of H-pyrrole nitrogens is 1. The van der Waals surface area contributed by atoms with Crippen LogP contribution in [0.1, 0.15) is 38.1 Å². The van der Waals surface area contributed by atoms with E-state index in [0.29, 0.717) is 61.7 Å². The number of aromatic nitrogens is 5. The molecular weight excluding hydrogens is 546 g/mol. The van der Waals surface area contributed by atoms with E-state index in [0.717, 1.165) is 23.3 Å². The van der Waals surface area contributed by atoms with Gasteiger partial charge in [-0.2, -0.15) is 14.1 Å². The van der Waals surface area contributed by atoms with Gasteiger partial charge in [0.05, 0.1) is 22.8 Å². The molecule has 218 valence electrons. The molecule has 1 aromatic carbocycles. The van der Waals surface area contributed by atoms with Crippen LogP contribution in [0.15, 0.2) is 52.3 Å². The summed E-state index contributed by atoms with van der Waals surface area (Å²) in [7, 11) is -1.81. The summed E-state index contributed by atoms with van der Waals surface area (Å²) in [5, 5.41) is 16.8. The second-order valence-electron chi connectivity index (χ2n) is 10.2. The summed E-state index contributed by atoms with van der Waals surface area (Å²) < 4.78 is 37.0. The molecule has 1 aliphatic rings. The van der Waals surface area contributed by atoms with Crippen LogP contribution in [0.25, 0.3) is 22.4 Å². The summed E-state index contributed by atoms with van der Waals surface area (Å²) in [6.07, 6.45) is 3.51. The summed E-state index contributed by atoms with van der Waals surface area (Å²) in [6.45, 7) is 6.66. The summed E-state index contributed by atoms with van der Waals surface area (Å²) in [4.78, 5) is 23.1. The smallest absolute Gasteiger partial charge is 0.279 e. The van der Waals surface area contributed by atoms with E-state index >= 15 is 0 Å². The van der Waals surface area contributed by atoms with Crippen LogP contribution in [0.3, 0.4) is 0 Å². The Hall–Kier alpha value is -3.81. The maximum absolute atomic E-state index is 13.6. The Balaban J connectivity index is 1.63. The fraction of sp³-hybridized carbons (Fsp3) is 0.429. The Morgan fingerprint density at radius 2 is 1.85 bits per heavy atom. The first-order valence-corrected chi connectivity index (χ1v) is 15.3. The van der Waals surface area contributed by atoms with Crippen LogP contribution in [0.2, 0.25) is 0 Å². The number of nitrogens with one attached hydrogen (secondary N) is 1. The van der Waals surface area contributed by atoms with Crippen molar-refractivity contribution in [1.82, 2.24) is 29.0 Å². The predicted molar refractivity (Wildman–Crippen MR) is 154 cm³/mol. The van der Waals surface area contributed by atoms with Crippen molar-refractivity contribution in [3.8, 4) is 17.1 Å². The van der Waals surface area contributed by atoms with Crippen molar-refractivity contribution in [2.24, 2.45) is 0 Å². The zero-order chi connectivity index (χ0) is 29.1. The molecule has 0 aliphatic carbocycles. The molecule has 1 aliphatic heterocycles. The first-order chi connectivity index (χ1) is 19.7. The predicted octanol–water partition coefficient (Wildman–Crippen LogP) is 2.15. The van der Waals surface area contributed by atoms with Gasteiger partial charge in [-0.25, -0.2) is 13.4 Å². The third-order valence-electron chi connectivity index (χ3n) is 7.17. The number of piperazine rings is 1. The lowest BCUT2D eigenvalue weighted by Crippen LogP contribution is -2.47. The highest BCUT2D eigenvalue weighted by Gasteiger charge is 2.29. The molecule has 4 heterocycles. The van der Waals surface area contributed by atoms with E-state index in [4.69, 9.17) is 9.72 Å². The minimum Gasteiger partial charge on any atom is -0.618 e. The Kier molecular flexibility index (Phi) is 8.38. The number of nitrogens with zero attached hydrogens (tertiary/aromatic N) is 6. The summed E-state index contributed by atoms with van der Waals surface area (Å²) in [6, 6.07) is 9.82. The minimum atomic E-state index is -3.77. The van der Waals surface area contributed by atoms with Crippen LogP contribution in [0, 0.1) is 5.21 Å². The molecule has 12 nitrogen and oxygen atoms in total. The molecule has 41 heavy (non-hydrogen) atoms. The van der Waals surface area contributed by atoms with E-state index in [1.165, 1.54) is 22.6 Å². The van der Waals surface area contributed by atoms with E-state index < -0.39 is 15.6 Å². The van der Waals surface area contributed by atoms with Gasteiger partial charge < -0.3 is 19.8 Å². The second-order valence-corrected chi connectivity index (χ2v) is 12.1. The lowest BCUT2D eigenvalue weighted by molar-refractivity contribution is -0.614. The maximum Gasteiger partial charge on any atom is 0.279 e. The normalized spacial score (nSPS) is 15.0. The number of hydrogen-bond donors (Lipinski definition) is 1. The largest absolute Gasteiger partial charge is 0.618 e. The zero-order valence-electron chi connectivity index (χ0n) is 23.5. The standard InChI is InChI=1S/C28H35N7O5S/c1-4-8-23-25-26(31-34(23)19-20-9-6-7-12-35(20)37)28(36)30-27(29-25)22-18-21(10-11-24(22)40-17-5-2)41(38,39)33-15-13-32(3)14-16-33/h6-7,9-12,18H,4-5,8,13-17,19H2,1-3H3,(H,29,30,36). The highest BCUT2D eigenvalue weighted by Crippen LogP contribution is 2.32. The number of rotatable bonds is 10. The van der Waals surface area contributed by atoms with Gasteiger partial charge in [0.2, 0.25) is 15.7 Å². The van der Waals surface area contributed by atoms with Gasteiger partial charge >= 0.3 is 0 Å². The molecule has 5 rings (SSSR count).